The molecule has 1 fully saturated rings. The van der Waals surface area contributed by atoms with Gasteiger partial charge in [0.05, 0.1) is 4.90 Å². The molecule has 0 spiro atoms. The van der Waals surface area contributed by atoms with Crippen molar-refractivity contribution in [3.8, 4) is 0 Å². The largest absolute Gasteiger partial charge is 0.326 e. The number of Topliss-reactive ketones (excluding diaryl/α,β-unsaturated/α-hetero) is 1. The van der Waals surface area contributed by atoms with Gasteiger partial charge in [0.1, 0.15) is 0 Å². The molecule has 160 valence electrons. The Hall–Kier alpha value is -2.26. The maximum atomic E-state index is 12.7. The first-order chi connectivity index (χ1) is 14.3. The highest BCUT2D eigenvalue weighted by Gasteiger charge is 2.27. The molecule has 2 aromatic rings. The minimum atomic E-state index is -3.55. The van der Waals surface area contributed by atoms with Crippen LogP contribution in [0.5, 0.6) is 0 Å². The van der Waals surface area contributed by atoms with E-state index in [-0.39, 0.29) is 29.4 Å². The van der Waals surface area contributed by atoms with E-state index in [0.717, 1.165) is 0 Å². The van der Waals surface area contributed by atoms with Crippen LogP contribution in [0.4, 0.5) is 5.69 Å². The first-order valence-electron chi connectivity index (χ1n) is 9.63. The number of carbonyl (C=O) groups is 2. The summed E-state index contributed by atoms with van der Waals surface area (Å²) < 4.78 is 26.9. The molecule has 0 aromatic heterocycles. The summed E-state index contributed by atoms with van der Waals surface area (Å²) in [6.07, 6.45) is 0.103. The Morgan fingerprint density at radius 3 is 2.13 bits per heavy atom. The zero-order valence-corrected chi connectivity index (χ0v) is 18.2. The third-order valence-electron chi connectivity index (χ3n) is 4.98. The van der Waals surface area contributed by atoms with Crippen LogP contribution in [-0.4, -0.2) is 62.5 Å². The molecule has 7 nitrogen and oxygen atoms in total. The van der Waals surface area contributed by atoms with Crippen molar-refractivity contribution in [2.75, 3.05) is 38.5 Å². The summed E-state index contributed by atoms with van der Waals surface area (Å²) in [4.78, 5) is 26.6. The SMILES string of the molecule is CN1CCN(S(=O)(=O)c2ccc(NC(=O)CCC(=O)c3ccc(Cl)cc3)cc2)CC1. The average Bonchev–Trinajstić information content (AvgIpc) is 2.73. The van der Waals surface area contributed by atoms with Gasteiger partial charge in [0.15, 0.2) is 5.78 Å². The molecule has 0 radical (unpaired) electrons. The zero-order valence-electron chi connectivity index (χ0n) is 16.7. The van der Waals surface area contributed by atoms with Crippen LogP contribution in [0, 0.1) is 0 Å². The van der Waals surface area contributed by atoms with Crippen LogP contribution in [0.15, 0.2) is 53.4 Å². The number of amides is 1. The van der Waals surface area contributed by atoms with Gasteiger partial charge in [-0.1, -0.05) is 11.6 Å². The number of nitrogens with zero attached hydrogens (tertiary/aromatic N) is 2. The number of benzene rings is 2. The van der Waals surface area contributed by atoms with Crippen LogP contribution < -0.4 is 5.32 Å². The zero-order chi connectivity index (χ0) is 21.7. The molecule has 0 saturated carbocycles. The quantitative estimate of drug-likeness (QED) is 0.657. The summed E-state index contributed by atoms with van der Waals surface area (Å²) in [5, 5.41) is 3.24. The fraction of sp³-hybridized carbons (Fsp3) is 0.333. The van der Waals surface area contributed by atoms with E-state index in [1.54, 1.807) is 36.4 Å². The number of anilines is 1. The third-order valence-corrected chi connectivity index (χ3v) is 7.15. The van der Waals surface area contributed by atoms with Gasteiger partial charge < -0.3 is 10.2 Å². The standard InChI is InChI=1S/C21H24ClN3O4S/c1-24-12-14-25(15-13-24)30(28,29)19-8-6-18(7-9-19)23-21(27)11-10-20(26)16-2-4-17(22)5-3-16/h2-9H,10-15H2,1H3,(H,23,27). The molecule has 9 heteroatoms. The molecule has 0 atom stereocenters. The van der Waals surface area contributed by atoms with Gasteiger partial charge in [-0.25, -0.2) is 8.42 Å². The van der Waals surface area contributed by atoms with Crippen LogP contribution in [0.2, 0.25) is 5.02 Å². The fourth-order valence-corrected chi connectivity index (χ4v) is 4.67. The summed E-state index contributed by atoms with van der Waals surface area (Å²) in [6, 6.07) is 12.6. The van der Waals surface area contributed by atoms with Crippen LogP contribution in [-0.2, 0) is 14.8 Å². The lowest BCUT2D eigenvalue weighted by Gasteiger charge is -2.31. The normalized spacial score (nSPS) is 15.7. The number of nitrogens with one attached hydrogen (secondary N) is 1. The van der Waals surface area contributed by atoms with E-state index >= 15 is 0 Å². The molecule has 2 aromatic carbocycles. The van der Waals surface area contributed by atoms with Gasteiger partial charge in [-0.15, -0.1) is 0 Å². The van der Waals surface area contributed by atoms with Crippen molar-refractivity contribution in [1.82, 2.24) is 9.21 Å². The van der Waals surface area contributed by atoms with Crippen molar-refractivity contribution in [2.45, 2.75) is 17.7 Å². The molecule has 0 aliphatic carbocycles. The molecule has 0 unspecified atom stereocenters. The summed E-state index contributed by atoms with van der Waals surface area (Å²) in [7, 11) is -1.58. The Bertz CT molecular complexity index is 1000. The Kier molecular flexibility index (Phi) is 7.25. The maximum Gasteiger partial charge on any atom is 0.243 e. The molecule has 30 heavy (non-hydrogen) atoms. The highest BCUT2D eigenvalue weighted by molar-refractivity contribution is 7.89. The second kappa shape index (κ2) is 9.70. The second-order valence-electron chi connectivity index (χ2n) is 7.21. The minimum absolute atomic E-state index is 0.0306. The van der Waals surface area contributed by atoms with Gasteiger partial charge in [-0.3, -0.25) is 9.59 Å². The lowest BCUT2D eigenvalue weighted by Crippen LogP contribution is -2.46. The van der Waals surface area contributed by atoms with Crippen molar-refractivity contribution in [3.05, 3.63) is 59.1 Å². The fourth-order valence-electron chi connectivity index (χ4n) is 3.12. The Morgan fingerprint density at radius 2 is 1.53 bits per heavy atom. The van der Waals surface area contributed by atoms with E-state index in [2.05, 4.69) is 10.2 Å². The smallest absolute Gasteiger partial charge is 0.243 e. The van der Waals surface area contributed by atoms with E-state index < -0.39 is 10.0 Å². The number of likely N-dealkylation sites (N-methyl/N-ethyl adjacent to an activating group) is 1. The van der Waals surface area contributed by atoms with Crippen LogP contribution in [0.25, 0.3) is 0 Å². The van der Waals surface area contributed by atoms with E-state index in [9.17, 15) is 18.0 Å². The van der Waals surface area contributed by atoms with Crippen LogP contribution in [0.3, 0.4) is 0 Å². The van der Waals surface area contributed by atoms with Gasteiger partial charge in [0, 0.05) is 55.3 Å². The van der Waals surface area contributed by atoms with Crippen LogP contribution in [0.1, 0.15) is 23.2 Å². The number of piperazine rings is 1. The summed E-state index contributed by atoms with van der Waals surface area (Å²) in [5.74, 6) is -0.456. The predicted octanol–water partition coefficient (Wildman–Crippen LogP) is 2.88. The first kappa shape index (κ1) is 22.4. The molecule has 1 saturated heterocycles. The number of carbonyl (C=O) groups excluding carboxylic acids is 2. The first-order valence-corrected chi connectivity index (χ1v) is 11.4. The number of hydrogen-bond donors (Lipinski definition) is 1. The molecular weight excluding hydrogens is 426 g/mol. The summed E-state index contributed by atoms with van der Waals surface area (Å²) >= 11 is 5.81. The Balaban J connectivity index is 1.54. The minimum Gasteiger partial charge on any atom is -0.326 e. The van der Waals surface area contributed by atoms with E-state index in [0.29, 0.717) is 42.5 Å². The predicted molar refractivity (Wildman–Crippen MR) is 116 cm³/mol. The van der Waals surface area contributed by atoms with Gasteiger partial charge in [-0.05, 0) is 55.6 Å². The monoisotopic (exact) mass is 449 g/mol. The number of rotatable bonds is 7. The lowest BCUT2D eigenvalue weighted by molar-refractivity contribution is -0.116. The second-order valence-corrected chi connectivity index (χ2v) is 9.58. The van der Waals surface area contributed by atoms with Crippen molar-refractivity contribution >= 4 is 39.0 Å². The van der Waals surface area contributed by atoms with Crippen LogP contribution >= 0.6 is 11.6 Å². The molecule has 1 aliphatic rings. The number of hydrogen-bond acceptors (Lipinski definition) is 5. The van der Waals surface area contributed by atoms with Gasteiger partial charge in [-0.2, -0.15) is 4.31 Å². The van der Waals surface area contributed by atoms with Gasteiger partial charge in [0.2, 0.25) is 15.9 Å². The molecular formula is C21H24ClN3O4S. The highest BCUT2D eigenvalue weighted by atomic mass is 35.5. The Morgan fingerprint density at radius 1 is 0.933 bits per heavy atom. The molecule has 3 rings (SSSR count). The van der Waals surface area contributed by atoms with Gasteiger partial charge in [0.25, 0.3) is 0 Å². The molecule has 0 bridgehead atoms. The van der Waals surface area contributed by atoms with Crippen molar-refractivity contribution in [3.63, 3.8) is 0 Å². The highest BCUT2D eigenvalue weighted by Crippen LogP contribution is 2.20. The summed E-state index contributed by atoms with van der Waals surface area (Å²) in [6.45, 7) is 2.31. The number of halogens is 1. The lowest BCUT2D eigenvalue weighted by atomic mass is 10.1. The average molecular weight is 450 g/mol. The van der Waals surface area contributed by atoms with E-state index in [1.807, 2.05) is 7.05 Å². The summed E-state index contributed by atoms with van der Waals surface area (Å²) in [5.41, 5.74) is 0.988. The Labute approximate surface area is 181 Å². The van der Waals surface area contributed by atoms with Crippen molar-refractivity contribution < 1.29 is 18.0 Å². The molecule has 1 amide bonds. The molecule has 1 aliphatic heterocycles. The molecule has 1 heterocycles. The van der Waals surface area contributed by atoms with Crippen molar-refractivity contribution in [1.29, 1.82) is 0 Å². The third kappa shape index (κ3) is 5.66. The topological polar surface area (TPSA) is 86.8 Å². The van der Waals surface area contributed by atoms with E-state index in [1.165, 1.54) is 16.4 Å². The van der Waals surface area contributed by atoms with E-state index in [4.69, 9.17) is 11.6 Å². The van der Waals surface area contributed by atoms with Crippen molar-refractivity contribution in [2.24, 2.45) is 0 Å². The van der Waals surface area contributed by atoms with Gasteiger partial charge >= 0.3 is 0 Å². The molecule has 1 N–H and O–H groups in total. The maximum absolute atomic E-state index is 12.7. The number of sulfonamides is 1. The number of ketones is 1.